The Bertz CT molecular complexity index is 350. The first-order valence-corrected chi connectivity index (χ1v) is 4.45. The van der Waals surface area contributed by atoms with Gasteiger partial charge in [-0.15, -0.1) is 0 Å². The van der Waals surface area contributed by atoms with Gasteiger partial charge in [0, 0.05) is 4.47 Å². The highest BCUT2D eigenvalue weighted by molar-refractivity contribution is 9.10. The summed E-state index contributed by atoms with van der Waals surface area (Å²) in [7, 11) is 0. The number of halogens is 1. The highest BCUT2D eigenvalue weighted by Crippen LogP contribution is 2.30. The van der Waals surface area contributed by atoms with Crippen LogP contribution in [0.15, 0.2) is 21.6 Å². The Morgan fingerprint density at radius 2 is 2.31 bits per heavy atom. The van der Waals surface area contributed by atoms with Gasteiger partial charge in [-0.1, -0.05) is 0 Å². The second-order valence-corrected chi connectivity index (χ2v) is 3.39. The Kier molecular flexibility index (Phi) is 3.19. The summed E-state index contributed by atoms with van der Waals surface area (Å²) in [5.74, 6) is 0. The molecule has 3 nitrogen and oxygen atoms in total. The first kappa shape index (κ1) is 9.92. The van der Waals surface area contributed by atoms with Crippen molar-refractivity contribution in [2.75, 3.05) is 5.32 Å². The van der Waals surface area contributed by atoms with Crippen LogP contribution < -0.4 is 5.32 Å². The highest BCUT2D eigenvalue weighted by Gasteiger charge is 2.03. The molecule has 1 rings (SSSR count). The molecule has 13 heavy (non-hydrogen) atoms. The van der Waals surface area contributed by atoms with Gasteiger partial charge < -0.3 is 5.32 Å². The molecule has 0 spiro atoms. The standard InChI is InChI=1S/C9H9BrN2O/c1-6-3-7(10)9(12-5-13)4-8(6)11-2/h3-5H,2H2,1H3,(H,12,13). The van der Waals surface area contributed by atoms with Crippen LogP contribution in [0.3, 0.4) is 0 Å². The van der Waals surface area contributed by atoms with Crippen molar-refractivity contribution in [1.82, 2.24) is 0 Å². The largest absolute Gasteiger partial charge is 0.328 e. The maximum atomic E-state index is 10.2. The van der Waals surface area contributed by atoms with Crippen molar-refractivity contribution in [3.8, 4) is 0 Å². The van der Waals surface area contributed by atoms with Crippen LogP contribution in [0.1, 0.15) is 5.56 Å². The fraction of sp³-hybridized carbons (Fsp3) is 0.111. The van der Waals surface area contributed by atoms with E-state index >= 15 is 0 Å². The number of benzene rings is 1. The van der Waals surface area contributed by atoms with Gasteiger partial charge in [0.1, 0.15) is 0 Å². The van der Waals surface area contributed by atoms with Crippen LogP contribution >= 0.6 is 15.9 Å². The number of nitrogens with zero attached hydrogens (tertiary/aromatic N) is 1. The molecule has 68 valence electrons. The van der Waals surface area contributed by atoms with Crippen LogP contribution in [0, 0.1) is 6.92 Å². The third-order valence-corrected chi connectivity index (χ3v) is 2.33. The predicted octanol–water partition coefficient (Wildman–Crippen LogP) is 2.66. The van der Waals surface area contributed by atoms with E-state index in [4.69, 9.17) is 0 Å². The Hall–Kier alpha value is -1.16. The summed E-state index contributed by atoms with van der Waals surface area (Å²) in [6.45, 7) is 5.37. The molecule has 0 saturated heterocycles. The van der Waals surface area contributed by atoms with Crippen LogP contribution in [0.2, 0.25) is 0 Å². The molecule has 0 aliphatic heterocycles. The Balaban J connectivity index is 3.21. The minimum Gasteiger partial charge on any atom is -0.328 e. The average Bonchev–Trinajstić information content (AvgIpc) is 2.10. The summed E-state index contributed by atoms with van der Waals surface area (Å²) >= 11 is 3.33. The lowest BCUT2D eigenvalue weighted by Crippen LogP contribution is -1.94. The number of anilines is 1. The molecular formula is C9H9BrN2O. The molecule has 0 fully saturated rings. The van der Waals surface area contributed by atoms with Crippen LogP contribution in [0.25, 0.3) is 0 Å². The molecule has 0 unspecified atom stereocenters. The second kappa shape index (κ2) is 4.18. The summed E-state index contributed by atoms with van der Waals surface area (Å²) in [5.41, 5.74) is 2.48. The SMILES string of the molecule is C=Nc1cc(NC=O)c(Br)cc1C. The van der Waals surface area contributed by atoms with Crippen molar-refractivity contribution in [3.05, 3.63) is 22.2 Å². The Morgan fingerprint density at radius 1 is 1.62 bits per heavy atom. The number of hydrogen-bond acceptors (Lipinski definition) is 2. The highest BCUT2D eigenvalue weighted by atomic mass is 79.9. The van der Waals surface area contributed by atoms with E-state index in [1.54, 1.807) is 6.07 Å². The zero-order chi connectivity index (χ0) is 9.84. The molecule has 0 atom stereocenters. The lowest BCUT2D eigenvalue weighted by molar-refractivity contribution is -0.105. The third kappa shape index (κ3) is 2.15. The van der Waals surface area contributed by atoms with Gasteiger partial charge in [-0.2, -0.15) is 0 Å². The number of amides is 1. The molecule has 1 aromatic carbocycles. The zero-order valence-corrected chi connectivity index (χ0v) is 8.76. The molecule has 0 saturated carbocycles. The van der Waals surface area contributed by atoms with E-state index < -0.39 is 0 Å². The van der Waals surface area contributed by atoms with E-state index in [1.165, 1.54) is 0 Å². The number of carbonyl (C=O) groups excluding carboxylic acids is 1. The summed E-state index contributed by atoms with van der Waals surface area (Å²) in [6.07, 6.45) is 0.627. The predicted molar refractivity (Wildman–Crippen MR) is 57.8 cm³/mol. The summed E-state index contributed by atoms with van der Waals surface area (Å²) in [6, 6.07) is 3.65. The van der Waals surface area contributed by atoms with Gasteiger partial charge >= 0.3 is 0 Å². The zero-order valence-electron chi connectivity index (χ0n) is 7.17. The number of rotatable bonds is 3. The topological polar surface area (TPSA) is 41.5 Å². The van der Waals surface area contributed by atoms with Crippen LogP contribution in [-0.2, 0) is 4.79 Å². The average molecular weight is 241 g/mol. The van der Waals surface area contributed by atoms with Gasteiger partial charge in [0.15, 0.2) is 0 Å². The van der Waals surface area contributed by atoms with Crippen molar-refractivity contribution in [1.29, 1.82) is 0 Å². The monoisotopic (exact) mass is 240 g/mol. The molecule has 0 aliphatic carbocycles. The van der Waals surface area contributed by atoms with Crippen LogP contribution in [-0.4, -0.2) is 13.1 Å². The number of nitrogens with one attached hydrogen (secondary N) is 1. The number of aliphatic imine (C=N–C) groups is 1. The maximum absolute atomic E-state index is 10.2. The molecule has 0 bridgehead atoms. The third-order valence-electron chi connectivity index (χ3n) is 1.67. The second-order valence-electron chi connectivity index (χ2n) is 2.54. The van der Waals surface area contributed by atoms with E-state index in [0.717, 1.165) is 15.7 Å². The quantitative estimate of drug-likeness (QED) is 0.641. The first-order valence-electron chi connectivity index (χ1n) is 3.66. The molecule has 0 radical (unpaired) electrons. The van der Waals surface area contributed by atoms with Crippen molar-refractivity contribution in [3.63, 3.8) is 0 Å². The van der Waals surface area contributed by atoms with Crippen molar-refractivity contribution >= 4 is 40.4 Å². The van der Waals surface area contributed by atoms with Gasteiger partial charge in [0.2, 0.25) is 6.41 Å². The van der Waals surface area contributed by atoms with Crippen molar-refractivity contribution in [2.45, 2.75) is 6.92 Å². The molecule has 4 heteroatoms. The van der Waals surface area contributed by atoms with E-state index in [2.05, 4.69) is 33.0 Å². The van der Waals surface area contributed by atoms with Gasteiger partial charge in [-0.25, -0.2) is 0 Å². The molecular weight excluding hydrogens is 232 g/mol. The minimum absolute atomic E-state index is 0.627. The summed E-state index contributed by atoms with van der Waals surface area (Å²) < 4.78 is 0.838. The van der Waals surface area contributed by atoms with Crippen molar-refractivity contribution < 1.29 is 4.79 Å². The molecule has 1 N–H and O–H groups in total. The molecule has 1 amide bonds. The van der Waals surface area contributed by atoms with Gasteiger partial charge in [-0.05, 0) is 47.3 Å². The van der Waals surface area contributed by atoms with Gasteiger partial charge in [0.05, 0.1) is 11.4 Å². The van der Waals surface area contributed by atoms with E-state index in [0.29, 0.717) is 12.1 Å². The van der Waals surface area contributed by atoms with Gasteiger partial charge in [-0.3, -0.25) is 9.79 Å². The van der Waals surface area contributed by atoms with Crippen LogP contribution in [0.4, 0.5) is 11.4 Å². The Labute approximate surface area is 85.0 Å². The van der Waals surface area contributed by atoms with Crippen molar-refractivity contribution in [2.24, 2.45) is 4.99 Å². The smallest absolute Gasteiger partial charge is 0.211 e. The lowest BCUT2D eigenvalue weighted by Gasteiger charge is -2.06. The van der Waals surface area contributed by atoms with E-state index in [1.807, 2.05) is 13.0 Å². The molecule has 0 aliphatic rings. The normalized spacial score (nSPS) is 9.38. The number of hydrogen-bond donors (Lipinski definition) is 1. The number of carbonyl (C=O) groups is 1. The summed E-state index contributed by atoms with van der Waals surface area (Å²) in [5, 5.41) is 2.56. The fourth-order valence-electron chi connectivity index (χ4n) is 1.01. The summed E-state index contributed by atoms with van der Waals surface area (Å²) in [4.78, 5) is 14.1. The van der Waals surface area contributed by atoms with E-state index in [-0.39, 0.29) is 0 Å². The molecule has 0 heterocycles. The molecule has 1 aromatic rings. The van der Waals surface area contributed by atoms with E-state index in [9.17, 15) is 4.79 Å². The Morgan fingerprint density at radius 3 is 2.85 bits per heavy atom. The number of aryl methyl sites for hydroxylation is 1. The fourth-order valence-corrected chi connectivity index (χ4v) is 1.58. The lowest BCUT2D eigenvalue weighted by atomic mass is 10.2. The van der Waals surface area contributed by atoms with Gasteiger partial charge in [0.25, 0.3) is 0 Å². The first-order chi connectivity index (χ1) is 6.19. The minimum atomic E-state index is 0.627. The van der Waals surface area contributed by atoms with Crippen LogP contribution in [0.5, 0.6) is 0 Å². The molecule has 0 aromatic heterocycles. The maximum Gasteiger partial charge on any atom is 0.211 e.